The van der Waals surface area contributed by atoms with E-state index in [1.54, 1.807) is 24.1 Å². The number of amides is 2. The molecule has 3 rings (SSSR count). The fourth-order valence-corrected chi connectivity index (χ4v) is 3.05. The summed E-state index contributed by atoms with van der Waals surface area (Å²) in [5.74, 6) is -0.0733. The molecule has 2 N–H and O–H groups in total. The molecule has 1 aromatic heterocycles. The largest absolute Gasteiger partial charge is 0.494 e. The topological polar surface area (TPSA) is 70.2 Å². The number of likely N-dealkylation sites (tertiary alicyclic amines) is 1. The number of ether oxygens (including phenoxy) is 1. The molecule has 128 valence electrons. The van der Waals surface area contributed by atoms with E-state index in [-0.39, 0.29) is 17.7 Å². The van der Waals surface area contributed by atoms with Gasteiger partial charge in [-0.2, -0.15) is 5.10 Å². The van der Waals surface area contributed by atoms with Gasteiger partial charge in [-0.3, -0.25) is 5.10 Å². The summed E-state index contributed by atoms with van der Waals surface area (Å²) in [5, 5.41) is 9.75. The van der Waals surface area contributed by atoms with E-state index in [1.165, 1.54) is 13.2 Å². The van der Waals surface area contributed by atoms with Gasteiger partial charge in [-0.15, -0.1) is 0 Å². The number of benzene rings is 1. The van der Waals surface area contributed by atoms with Crippen LogP contribution in [0, 0.1) is 12.7 Å². The third-order valence-electron chi connectivity index (χ3n) is 4.41. The number of aromatic nitrogens is 2. The predicted octanol–water partition coefficient (Wildman–Crippen LogP) is 3.28. The first-order valence-corrected chi connectivity index (χ1v) is 7.98. The van der Waals surface area contributed by atoms with E-state index in [1.807, 2.05) is 6.07 Å². The van der Waals surface area contributed by atoms with Crippen molar-refractivity contribution in [2.45, 2.75) is 25.7 Å². The summed E-state index contributed by atoms with van der Waals surface area (Å²) in [6.45, 7) is 3.11. The molecular weight excluding hydrogens is 311 g/mol. The van der Waals surface area contributed by atoms with Gasteiger partial charge in [0.15, 0.2) is 11.6 Å². The third kappa shape index (κ3) is 3.34. The van der Waals surface area contributed by atoms with Crippen molar-refractivity contribution in [3.63, 3.8) is 0 Å². The zero-order chi connectivity index (χ0) is 17.1. The smallest absolute Gasteiger partial charge is 0.321 e. The van der Waals surface area contributed by atoms with Gasteiger partial charge < -0.3 is 15.0 Å². The van der Waals surface area contributed by atoms with E-state index in [0.29, 0.717) is 18.8 Å². The van der Waals surface area contributed by atoms with Crippen LogP contribution in [-0.2, 0) is 0 Å². The average Bonchev–Trinajstić information content (AvgIpc) is 3.12. The summed E-state index contributed by atoms with van der Waals surface area (Å²) < 4.78 is 18.8. The van der Waals surface area contributed by atoms with Crippen molar-refractivity contribution in [1.82, 2.24) is 15.1 Å². The highest BCUT2D eigenvalue weighted by molar-refractivity contribution is 5.90. The van der Waals surface area contributed by atoms with E-state index in [2.05, 4.69) is 15.5 Å². The number of nitrogens with one attached hydrogen (secondary N) is 2. The Labute approximate surface area is 140 Å². The number of urea groups is 1. The van der Waals surface area contributed by atoms with Gasteiger partial charge in [-0.25, -0.2) is 9.18 Å². The Morgan fingerprint density at radius 1 is 1.50 bits per heavy atom. The number of aryl methyl sites for hydroxylation is 1. The molecule has 7 heteroatoms. The molecule has 0 bridgehead atoms. The minimum Gasteiger partial charge on any atom is -0.494 e. The Balaban J connectivity index is 1.69. The summed E-state index contributed by atoms with van der Waals surface area (Å²) in [6.07, 6.45) is 3.66. The Morgan fingerprint density at radius 3 is 3.04 bits per heavy atom. The number of carbonyl (C=O) groups excluding carboxylic acids is 1. The van der Waals surface area contributed by atoms with Gasteiger partial charge in [0.25, 0.3) is 0 Å². The molecule has 1 aliphatic heterocycles. The molecule has 1 saturated heterocycles. The summed E-state index contributed by atoms with van der Waals surface area (Å²) in [7, 11) is 1.42. The normalized spacial score (nSPS) is 17.6. The first-order valence-electron chi connectivity index (χ1n) is 7.98. The van der Waals surface area contributed by atoms with Crippen LogP contribution in [0.25, 0.3) is 0 Å². The van der Waals surface area contributed by atoms with Gasteiger partial charge in [0.1, 0.15) is 0 Å². The fourth-order valence-electron chi connectivity index (χ4n) is 3.05. The number of H-pyrrole nitrogens is 1. The molecule has 0 unspecified atom stereocenters. The number of anilines is 1. The van der Waals surface area contributed by atoms with Crippen molar-refractivity contribution in [3.8, 4) is 5.75 Å². The van der Waals surface area contributed by atoms with Crippen molar-refractivity contribution in [1.29, 1.82) is 0 Å². The highest BCUT2D eigenvalue weighted by Crippen LogP contribution is 2.28. The number of hydrogen-bond donors (Lipinski definition) is 2. The Kier molecular flexibility index (Phi) is 4.69. The number of methoxy groups -OCH3 is 1. The highest BCUT2D eigenvalue weighted by atomic mass is 19.1. The van der Waals surface area contributed by atoms with Gasteiger partial charge in [-0.05, 0) is 37.5 Å². The molecule has 2 aromatic rings. The van der Waals surface area contributed by atoms with Crippen LogP contribution in [0.2, 0.25) is 0 Å². The Bertz CT molecular complexity index is 718. The number of rotatable bonds is 3. The van der Waals surface area contributed by atoms with Crippen LogP contribution in [0.1, 0.15) is 30.0 Å². The van der Waals surface area contributed by atoms with E-state index >= 15 is 0 Å². The molecular formula is C17H21FN4O2. The maximum Gasteiger partial charge on any atom is 0.321 e. The van der Waals surface area contributed by atoms with Crippen LogP contribution in [0.5, 0.6) is 5.75 Å². The zero-order valence-electron chi connectivity index (χ0n) is 13.8. The quantitative estimate of drug-likeness (QED) is 0.906. The average molecular weight is 332 g/mol. The molecule has 0 aliphatic carbocycles. The van der Waals surface area contributed by atoms with E-state index in [9.17, 15) is 9.18 Å². The minimum absolute atomic E-state index is 0.169. The second-order valence-corrected chi connectivity index (χ2v) is 6.03. The third-order valence-corrected chi connectivity index (χ3v) is 4.41. The second-order valence-electron chi connectivity index (χ2n) is 6.03. The van der Waals surface area contributed by atoms with Crippen LogP contribution in [-0.4, -0.2) is 41.3 Å². The van der Waals surface area contributed by atoms with Crippen LogP contribution >= 0.6 is 0 Å². The van der Waals surface area contributed by atoms with E-state index in [4.69, 9.17) is 4.74 Å². The Morgan fingerprint density at radius 2 is 2.33 bits per heavy atom. The van der Waals surface area contributed by atoms with Crippen LogP contribution < -0.4 is 10.1 Å². The second kappa shape index (κ2) is 6.90. The van der Waals surface area contributed by atoms with Crippen molar-refractivity contribution in [2.24, 2.45) is 0 Å². The van der Waals surface area contributed by atoms with Gasteiger partial charge in [-0.1, -0.05) is 0 Å². The SMILES string of the molecule is COc1cc(C)c(NC(=O)N2CCC[C@H](c3ccn[nH]3)C2)cc1F. The zero-order valence-corrected chi connectivity index (χ0v) is 13.8. The van der Waals surface area contributed by atoms with Crippen LogP contribution in [0.4, 0.5) is 14.9 Å². The minimum atomic E-state index is -0.493. The predicted molar refractivity (Wildman–Crippen MR) is 88.8 cm³/mol. The summed E-state index contributed by atoms with van der Waals surface area (Å²) in [6, 6.07) is 4.60. The lowest BCUT2D eigenvalue weighted by molar-refractivity contribution is 0.192. The monoisotopic (exact) mass is 332 g/mol. The van der Waals surface area contributed by atoms with Gasteiger partial charge >= 0.3 is 6.03 Å². The fraction of sp³-hybridized carbons (Fsp3) is 0.412. The van der Waals surface area contributed by atoms with Gasteiger partial charge in [0.05, 0.1) is 7.11 Å². The molecule has 0 spiro atoms. The summed E-state index contributed by atoms with van der Waals surface area (Å²) in [4.78, 5) is 14.3. The highest BCUT2D eigenvalue weighted by Gasteiger charge is 2.26. The number of carbonyl (C=O) groups is 1. The lowest BCUT2D eigenvalue weighted by Gasteiger charge is -2.32. The van der Waals surface area contributed by atoms with Crippen molar-refractivity contribution < 1.29 is 13.9 Å². The van der Waals surface area contributed by atoms with Crippen LogP contribution in [0.15, 0.2) is 24.4 Å². The molecule has 2 heterocycles. The molecule has 1 atom stereocenters. The van der Waals surface area contributed by atoms with Crippen LogP contribution in [0.3, 0.4) is 0 Å². The summed E-state index contributed by atoms with van der Waals surface area (Å²) >= 11 is 0. The first kappa shape index (κ1) is 16.3. The molecule has 1 aliphatic rings. The van der Waals surface area contributed by atoms with Gasteiger partial charge in [0.2, 0.25) is 0 Å². The van der Waals surface area contributed by atoms with Crippen molar-refractivity contribution in [2.75, 3.05) is 25.5 Å². The van der Waals surface area contributed by atoms with Gasteiger partial charge in [0, 0.05) is 42.7 Å². The van der Waals surface area contributed by atoms with E-state index in [0.717, 1.165) is 24.1 Å². The van der Waals surface area contributed by atoms with Crippen molar-refractivity contribution in [3.05, 3.63) is 41.5 Å². The number of piperidine rings is 1. The van der Waals surface area contributed by atoms with Crippen molar-refractivity contribution >= 4 is 11.7 Å². The molecule has 6 nitrogen and oxygen atoms in total. The first-order chi connectivity index (χ1) is 11.6. The molecule has 0 saturated carbocycles. The number of halogens is 1. The summed E-state index contributed by atoms with van der Waals surface area (Å²) in [5.41, 5.74) is 2.25. The maximum absolute atomic E-state index is 13.9. The molecule has 1 fully saturated rings. The molecule has 0 radical (unpaired) electrons. The molecule has 2 amide bonds. The lowest BCUT2D eigenvalue weighted by Crippen LogP contribution is -2.41. The molecule has 1 aromatic carbocycles. The standard InChI is InChI=1S/C17H21FN4O2/c1-11-8-16(24-2)13(18)9-15(11)20-17(23)22-7-3-4-12(10-22)14-5-6-19-21-14/h5-6,8-9,12H,3-4,7,10H2,1-2H3,(H,19,21)(H,20,23)/t12-/m0/s1. The Hall–Kier alpha value is -2.57. The number of aromatic amines is 1. The number of nitrogens with zero attached hydrogens (tertiary/aromatic N) is 2. The van der Waals surface area contributed by atoms with E-state index < -0.39 is 5.82 Å². The molecule has 24 heavy (non-hydrogen) atoms. The number of hydrogen-bond acceptors (Lipinski definition) is 3. The lowest BCUT2D eigenvalue weighted by atomic mass is 9.95. The maximum atomic E-state index is 13.9.